The number of piperidine rings is 1. The van der Waals surface area contributed by atoms with Gasteiger partial charge in [0, 0.05) is 45.8 Å². The van der Waals surface area contributed by atoms with Crippen LogP contribution in [0.25, 0.3) is 0 Å². The number of nitrogens with zero attached hydrogens (tertiary/aromatic N) is 3. The number of rotatable bonds is 5. The zero-order chi connectivity index (χ0) is 17.5. The molecule has 0 N–H and O–H groups in total. The Bertz CT molecular complexity index is 529. The monoisotopic (exact) mass is 345 g/mol. The van der Waals surface area contributed by atoms with Crippen molar-refractivity contribution in [2.45, 2.75) is 26.4 Å². The van der Waals surface area contributed by atoms with Crippen molar-refractivity contribution in [3.63, 3.8) is 0 Å². The van der Waals surface area contributed by atoms with E-state index in [2.05, 4.69) is 16.7 Å². The van der Waals surface area contributed by atoms with Gasteiger partial charge in [0.05, 0.1) is 0 Å². The fourth-order valence-corrected chi connectivity index (χ4v) is 3.84. The number of hydrogen-bond donors (Lipinski definition) is 0. The van der Waals surface area contributed by atoms with Crippen molar-refractivity contribution in [3.05, 3.63) is 35.9 Å². The van der Waals surface area contributed by atoms with E-state index in [1.807, 2.05) is 35.2 Å². The second-order valence-corrected chi connectivity index (χ2v) is 7.23. The molecule has 0 spiro atoms. The highest BCUT2D eigenvalue weighted by molar-refractivity contribution is 5.67. The smallest absolute Gasteiger partial charge is 0.410 e. The molecule has 2 aliphatic heterocycles. The number of likely N-dealkylation sites (tertiary alicyclic amines) is 1. The molecule has 3 rings (SSSR count). The molecule has 138 valence electrons. The maximum Gasteiger partial charge on any atom is 0.410 e. The Kier molecular flexibility index (Phi) is 6.70. The van der Waals surface area contributed by atoms with Crippen molar-refractivity contribution in [2.75, 3.05) is 52.4 Å². The highest BCUT2D eigenvalue weighted by Gasteiger charge is 2.27. The fourth-order valence-electron chi connectivity index (χ4n) is 3.84. The lowest BCUT2D eigenvalue weighted by Gasteiger charge is -2.38. The van der Waals surface area contributed by atoms with E-state index in [-0.39, 0.29) is 6.09 Å². The van der Waals surface area contributed by atoms with E-state index in [0.717, 1.165) is 51.3 Å². The summed E-state index contributed by atoms with van der Waals surface area (Å²) >= 11 is 0. The topological polar surface area (TPSA) is 36.0 Å². The largest absolute Gasteiger partial charge is 0.445 e. The molecule has 0 aromatic heterocycles. The van der Waals surface area contributed by atoms with Crippen LogP contribution in [0.4, 0.5) is 4.79 Å². The van der Waals surface area contributed by atoms with E-state index >= 15 is 0 Å². The molecule has 0 aliphatic carbocycles. The van der Waals surface area contributed by atoms with Crippen molar-refractivity contribution < 1.29 is 9.53 Å². The summed E-state index contributed by atoms with van der Waals surface area (Å²) in [5, 5.41) is 0. The summed E-state index contributed by atoms with van der Waals surface area (Å²) in [5.41, 5.74) is 1.04. The summed E-state index contributed by atoms with van der Waals surface area (Å²) in [6.07, 6.45) is 2.14. The Morgan fingerprint density at radius 3 is 2.52 bits per heavy atom. The predicted molar refractivity (Wildman–Crippen MR) is 99.5 cm³/mol. The van der Waals surface area contributed by atoms with Crippen LogP contribution in [-0.4, -0.2) is 73.2 Å². The molecule has 2 fully saturated rings. The first-order valence-electron chi connectivity index (χ1n) is 9.65. The van der Waals surface area contributed by atoms with Crippen LogP contribution in [0.15, 0.2) is 30.3 Å². The van der Waals surface area contributed by atoms with Gasteiger partial charge in [-0.1, -0.05) is 37.3 Å². The third-order valence-electron chi connectivity index (χ3n) is 5.41. The highest BCUT2D eigenvalue weighted by Crippen LogP contribution is 2.19. The Morgan fingerprint density at radius 1 is 1.08 bits per heavy atom. The quantitative estimate of drug-likeness (QED) is 0.822. The minimum Gasteiger partial charge on any atom is -0.445 e. The number of likely N-dealkylation sites (N-methyl/N-ethyl adjacent to an activating group) is 1. The molecule has 5 nitrogen and oxygen atoms in total. The van der Waals surface area contributed by atoms with Crippen molar-refractivity contribution in [1.29, 1.82) is 0 Å². The van der Waals surface area contributed by atoms with Crippen molar-refractivity contribution in [3.8, 4) is 0 Å². The van der Waals surface area contributed by atoms with Gasteiger partial charge in [0.1, 0.15) is 6.61 Å². The van der Waals surface area contributed by atoms with Gasteiger partial charge in [0.2, 0.25) is 0 Å². The normalized spacial score (nSPS) is 22.8. The van der Waals surface area contributed by atoms with E-state index in [0.29, 0.717) is 12.5 Å². The van der Waals surface area contributed by atoms with Crippen LogP contribution in [-0.2, 0) is 11.3 Å². The average molecular weight is 345 g/mol. The van der Waals surface area contributed by atoms with Crippen LogP contribution in [0.3, 0.4) is 0 Å². The van der Waals surface area contributed by atoms with E-state index in [1.165, 1.54) is 19.5 Å². The number of benzene rings is 1. The number of amides is 1. The summed E-state index contributed by atoms with van der Waals surface area (Å²) in [6, 6.07) is 9.89. The Morgan fingerprint density at radius 2 is 1.80 bits per heavy atom. The maximum absolute atomic E-state index is 12.4. The Hall–Kier alpha value is -1.59. The molecule has 1 amide bonds. The summed E-state index contributed by atoms with van der Waals surface area (Å²) in [4.78, 5) is 19.3. The van der Waals surface area contributed by atoms with Crippen LogP contribution in [0.2, 0.25) is 0 Å². The highest BCUT2D eigenvalue weighted by atomic mass is 16.6. The zero-order valence-corrected chi connectivity index (χ0v) is 15.4. The molecule has 1 unspecified atom stereocenters. The van der Waals surface area contributed by atoms with Crippen LogP contribution in [0, 0.1) is 5.92 Å². The number of hydrogen-bond acceptors (Lipinski definition) is 4. The van der Waals surface area contributed by atoms with Gasteiger partial charge in [0.25, 0.3) is 0 Å². The molecule has 0 saturated carbocycles. The lowest BCUT2D eigenvalue weighted by Crippen LogP contribution is -2.50. The van der Waals surface area contributed by atoms with E-state index in [4.69, 9.17) is 4.74 Å². The number of piperazine rings is 1. The molecular formula is C20H31N3O2. The van der Waals surface area contributed by atoms with Gasteiger partial charge in [0.15, 0.2) is 0 Å². The van der Waals surface area contributed by atoms with Gasteiger partial charge in [-0.05, 0) is 30.9 Å². The summed E-state index contributed by atoms with van der Waals surface area (Å²) in [6.45, 7) is 11.2. The van der Waals surface area contributed by atoms with E-state index < -0.39 is 0 Å². The minimum atomic E-state index is -0.163. The average Bonchev–Trinajstić information content (AvgIpc) is 2.68. The van der Waals surface area contributed by atoms with E-state index in [1.54, 1.807) is 0 Å². The lowest BCUT2D eigenvalue weighted by molar-refractivity contribution is 0.0643. The first-order valence-corrected chi connectivity index (χ1v) is 9.65. The molecule has 1 aromatic rings. The molecule has 5 heteroatoms. The van der Waals surface area contributed by atoms with Crippen LogP contribution in [0.5, 0.6) is 0 Å². The second kappa shape index (κ2) is 9.20. The first-order chi connectivity index (χ1) is 12.2. The Balaban J connectivity index is 1.42. The fraction of sp³-hybridized carbons (Fsp3) is 0.650. The molecule has 2 aliphatic rings. The molecule has 2 heterocycles. The van der Waals surface area contributed by atoms with Gasteiger partial charge in [-0.3, -0.25) is 0 Å². The van der Waals surface area contributed by atoms with Gasteiger partial charge < -0.3 is 19.4 Å². The van der Waals surface area contributed by atoms with Crippen LogP contribution in [0.1, 0.15) is 25.3 Å². The van der Waals surface area contributed by atoms with Gasteiger partial charge in [-0.15, -0.1) is 0 Å². The summed E-state index contributed by atoms with van der Waals surface area (Å²) < 4.78 is 5.50. The molecule has 0 bridgehead atoms. The number of carbonyl (C=O) groups excluding carboxylic acids is 1. The predicted octanol–water partition coefficient (Wildman–Crippen LogP) is 2.67. The van der Waals surface area contributed by atoms with Crippen LogP contribution >= 0.6 is 0 Å². The molecular weight excluding hydrogens is 314 g/mol. The lowest BCUT2D eigenvalue weighted by atomic mass is 9.97. The molecule has 1 atom stereocenters. The molecule has 2 saturated heterocycles. The third kappa shape index (κ3) is 5.44. The molecule has 25 heavy (non-hydrogen) atoms. The first kappa shape index (κ1) is 18.2. The summed E-state index contributed by atoms with van der Waals surface area (Å²) in [7, 11) is 0. The van der Waals surface area contributed by atoms with Crippen molar-refractivity contribution in [1.82, 2.24) is 14.7 Å². The van der Waals surface area contributed by atoms with Crippen LogP contribution < -0.4 is 0 Å². The molecule has 0 radical (unpaired) electrons. The van der Waals surface area contributed by atoms with E-state index in [9.17, 15) is 4.79 Å². The standard InChI is InChI=1S/C20H31N3O2/c1-2-21-11-13-22(14-12-21)15-19-9-6-10-23(16-19)20(24)25-17-18-7-4-3-5-8-18/h3-5,7-8,19H,2,6,9-17H2,1H3. The van der Waals surface area contributed by atoms with Gasteiger partial charge in [-0.25, -0.2) is 4.79 Å². The summed E-state index contributed by atoms with van der Waals surface area (Å²) in [5.74, 6) is 0.575. The molecule has 1 aromatic carbocycles. The second-order valence-electron chi connectivity index (χ2n) is 7.23. The zero-order valence-electron chi connectivity index (χ0n) is 15.4. The number of ether oxygens (including phenoxy) is 1. The SMILES string of the molecule is CCN1CCN(CC2CCCN(C(=O)OCc3ccccc3)C2)CC1. The van der Waals surface area contributed by atoms with Gasteiger partial charge >= 0.3 is 6.09 Å². The minimum absolute atomic E-state index is 0.163. The number of carbonyl (C=O) groups is 1. The van der Waals surface area contributed by atoms with Gasteiger partial charge in [-0.2, -0.15) is 0 Å². The maximum atomic E-state index is 12.4. The van der Waals surface area contributed by atoms with Crippen molar-refractivity contribution in [2.24, 2.45) is 5.92 Å². The van der Waals surface area contributed by atoms with Crippen molar-refractivity contribution >= 4 is 6.09 Å². The third-order valence-corrected chi connectivity index (χ3v) is 5.41. The Labute approximate surface area is 151 Å².